The van der Waals surface area contributed by atoms with Crippen LogP contribution in [0.2, 0.25) is 0 Å². The molecule has 2 unspecified atom stereocenters. The molecule has 2 atom stereocenters. The van der Waals surface area contributed by atoms with Crippen molar-refractivity contribution in [2.75, 3.05) is 4.90 Å². The lowest BCUT2D eigenvalue weighted by atomic mass is 9.63. The van der Waals surface area contributed by atoms with Gasteiger partial charge in [0, 0.05) is 22.7 Å². The summed E-state index contributed by atoms with van der Waals surface area (Å²) in [6, 6.07) is 59.9. The van der Waals surface area contributed by atoms with Crippen molar-refractivity contribution in [2.45, 2.75) is 44.6 Å². The largest absolute Gasteiger partial charge is 0.334 e. The first-order chi connectivity index (χ1) is 26.9. The van der Waals surface area contributed by atoms with Crippen molar-refractivity contribution in [3.8, 4) is 33.4 Å². The van der Waals surface area contributed by atoms with Gasteiger partial charge in [0.25, 0.3) is 0 Å². The third kappa shape index (κ3) is 4.41. The molecular formula is C54H43N. The van der Waals surface area contributed by atoms with E-state index in [4.69, 9.17) is 0 Å². The van der Waals surface area contributed by atoms with Crippen molar-refractivity contribution in [3.05, 3.63) is 220 Å². The Morgan fingerprint density at radius 1 is 0.455 bits per heavy atom. The van der Waals surface area contributed by atoms with E-state index in [2.05, 4.69) is 209 Å². The van der Waals surface area contributed by atoms with Gasteiger partial charge in [0.2, 0.25) is 0 Å². The Labute approximate surface area is 325 Å². The normalized spacial score (nSPS) is 18.5. The zero-order chi connectivity index (χ0) is 37.1. The molecule has 1 nitrogen and oxygen atoms in total. The molecule has 7 aromatic carbocycles. The number of aryl methyl sites for hydroxylation is 2. The standard InChI is InChI=1S/C54H43N/c1-34-21-28-43-44-29-22-35(2)32-50(44)54(49(43)31-34)47-19-11-9-16-41(47)45-17-12-20-51(52(45)54)55(38-25-23-37(24-26-38)36-13-6-5-7-14-36)39-27-30-42-40-15-8-10-18-46(40)53(3,4)48(42)33-39/h5-33,51-52H,1-4H3. The molecule has 7 aromatic rings. The maximum Gasteiger partial charge on any atom is 0.0609 e. The SMILES string of the molecule is Cc1ccc2c(c1)C1(c3ccccc3C3=CC=CC(N(c4ccc(-c5ccccc5)cc4)c4ccc5c(c4)C(C)(C)c4ccccc4-5)C31)c1cc(C)ccc1-2. The molecular weight excluding hydrogens is 663 g/mol. The molecule has 0 N–H and O–H groups in total. The van der Waals surface area contributed by atoms with E-state index in [0.717, 1.165) is 0 Å². The molecule has 264 valence electrons. The molecule has 1 spiro atoms. The number of benzene rings is 7. The summed E-state index contributed by atoms with van der Waals surface area (Å²) in [5.74, 6) is 0.116. The minimum Gasteiger partial charge on any atom is -0.334 e. The van der Waals surface area contributed by atoms with E-state index in [1.807, 2.05) is 0 Å². The van der Waals surface area contributed by atoms with Crippen LogP contribution < -0.4 is 4.90 Å². The van der Waals surface area contributed by atoms with Gasteiger partial charge in [-0.15, -0.1) is 0 Å². The van der Waals surface area contributed by atoms with Crippen LogP contribution in [0, 0.1) is 19.8 Å². The first-order valence-electron chi connectivity index (χ1n) is 19.8. The van der Waals surface area contributed by atoms with E-state index in [9.17, 15) is 0 Å². The monoisotopic (exact) mass is 705 g/mol. The van der Waals surface area contributed by atoms with E-state index >= 15 is 0 Å². The minimum absolute atomic E-state index is 0.0136. The molecule has 0 saturated carbocycles. The van der Waals surface area contributed by atoms with Crippen LogP contribution in [0.1, 0.15) is 58.4 Å². The molecule has 0 aliphatic heterocycles. The first kappa shape index (κ1) is 32.3. The molecule has 0 saturated heterocycles. The van der Waals surface area contributed by atoms with Crippen molar-refractivity contribution in [1.29, 1.82) is 0 Å². The van der Waals surface area contributed by atoms with Gasteiger partial charge in [0.05, 0.1) is 11.5 Å². The van der Waals surface area contributed by atoms with Gasteiger partial charge in [-0.25, -0.2) is 0 Å². The summed E-state index contributed by atoms with van der Waals surface area (Å²) in [5, 5.41) is 0. The fourth-order valence-electron chi connectivity index (χ4n) is 10.9. The number of hydrogen-bond acceptors (Lipinski definition) is 1. The summed E-state index contributed by atoms with van der Waals surface area (Å²) >= 11 is 0. The highest BCUT2D eigenvalue weighted by Gasteiger charge is 2.59. The van der Waals surface area contributed by atoms with Crippen LogP contribution in [-0.4, -0.2) is 6.04 Å². The van der Waals surface area contributed by atoms with Gasteiger partial charge >= 0.3 is 0 Å². The van der Waals surface area contributed by atoms with E-state index in [1.54, 1.807) is 0 Å². The second-order valence-electron chi connectivity index (χ2n) is 16.6. The average Bonchev–Trinajstić information content (AvgIpc) is 3.77. The quantitative estimate of drug-likeness (QED) is 0.176. The molecule has 1 heteroatoms. The van der Waals surface area contributed by atoms with Crippen molar-refractivity contribution in [2.24, 2.45) is 5.92 Å². The summed E-state index contributed by atoms with van der Waals surface area (Å²) in [6.45, 7) is 9.29. The molecule has 0 bridgehead atoms. The summed E-state index contributed by atoms with van der Waals surface area (Å²) < 4.78 is 0. The highest BCUT2D eigenvalue weighted by molar-refractivity contribution is 5.94. The van der Waals surface area contributed by atoms with Gasteiger partial charge in [-0.05, 0) is 110 Å². The van der Waals surface area contributed by atoms with Gasteiger partial charge in [-0.3, -0.25) is 0 Å². The maximum atomic E-state index is 2.67. The Morgan fingerprint density at radius 3 is 1.71 bits per heavy atom. The van der Waals surface area contributed by atoms with Crippen molar-refractivity contribution in [3.63, 3.8) is 0 Å². The average molecular weight is 706 g/mol. The number of fused-ring (bicyclic) bond motifs is 13. The van der Waals surface area contributed by atoms with Crippen LogP contribution >= 0.6 is 0 Å². The fraction of sp³-hybridized carbons (Fsp3) is 0.148. The molecule has 0 fully saturated rings. The second kappa shape index (κ2) is 11.7. The number of anilines is 2. The van der Waals surface area contributed by atoms with Crippen molar-refractivity contribution >= 4 is 16.9 Å². The molecule has 11 rings (SSSR count). The third-order valence-electron chi connectivity index (χ3n) is 13.3. The minimum atomic E-state index is -0.366. The predicted molar refractivity (Wildman–Crippen MR) is 230 cm³/mol. The highest BCUT2D eigenvalue weighted by Crippen LogP contribution is 2.66. The lowest BCUT2D eigenvalue weighted by molar-refractivity contribution is 0.444. The fourth-order valence-corrected chi connectivity index (χ4v) is 10.9. The van der Waals surface area contributed by atoms with Crippen LogP contribution in [0.25, 0.3) is 39.0 Å². The molecule has 4 aliphatic rings. The molecule has 0 radical (unpaired) electrons. The van der Waals surface area contributed by atoms with E-state index in [1.165, 1.54) is 94.8 Å². The summed E-state index contributed by atoms with van der Waals surface area (Å²) in [4.78, 5) is 2.67. The Kier molecular flexibility index (Phi) is 6.84. The van der Waals surface area contributed by atoms with Gasteiger partial charge in [-0.1, -0.05) is 177 Å². The maximum absolute atomic E-state index is 2.67. The van der Waals surface area contributed by atoms with E-state index in [-0.39, 0.29) is 22.8 Å². The smallest absolute Gasteiger partial charge is 0.0609 e. The van der Waals surface area contributed by atoms with Crippen LogP contribution in [0.15, 0.2) is 176 Å². The summed E-state index contributed by atoms with van der Waals surface area (Å²) in [6.07, 6.45) is 7.23. The summed E-state index contributed by atoms with van der Waals surface area (Å²) in [5.41, 5.74) is 22.3. The number of nitrogens with zero attached hydrogens (tertiary/aromatic N) is 1. The van der Waals surface area contributed by atoms with Crippen molar-refractivity contribution < 1.29 is 0 Å². The van der Waals surface area contributed by atoms with Crippen molar-refractivity contribution in [1.82, 2.24) is 0 Å². The van der Waals surface area contributed by atoms with E-state index < -0.39 is 0 Å². The first-order valence-corrected chi connectivity index (χ1v) is 19.8. The van der Waals surface area contributed by atoms with Gasteiger partial charge in [0.15, 0.2) is 0 Å². The van der Waals surface area contributed by atoms with Gasteiger partial charge < -0.3 is 4.90 Å². The Hall–Kier alpha value is -6.18. The predicted octanol–water partition coefficient (Wildman–Crippen LogP) is 13.4. The van der Waals surface area contributed by atoms with Crippen LogP contribution in [0.5, 0.6) is 0 Å². The second-order valence-corrected chi connectivity index (χ2v) is 16.6. The third-order valence-corrected chi connectivity index (χ3v) is 13.3. The zero-order valence-electron chi connectivity index (χ0n) is 31.8. The molecule has 0 aromatic heterocycles. The van der Waals surface area contributed by atoms with E-state index in [0.29, 0.717) is 0 Å². The number of hydrogen-bond donors (Lipinski definition) is 0. The van der Waals surface area contributed by atoms with Gasteiger partial charge in [-0.2, -0.15) is 0 Å². The molecule has 4 aliphatic carbocycles. The Morgan fingerprint density at radius 2 is 1.00 bits per heavy atom. The Bertz CT molecular complexity index is 2710. The lowest BCUT2D eigenvalue weighted by Gasteiger charge is -2.45. The lowest BCUT2D eigenvalue weighted by Crippen LogP contribution is -2.46. The molecule has 55 heavy (non-hydrogen) atoms. The highest BCUT2D eigenvalue weighted by atomic mass is 15.2. The van der Waals surface area contributed by atoms with Gasteiger partial charge in [0.1, 0.15) is 0 Å². The summed E-state index contributed by atoms with van der Waals surface area (Å²) in [7, 11) is 0. The van der Waals surface area contributed by atoms with Crippen LogP contribution in [0.4, 0.5) is 11.4 Å². The molecule has 0 heterocycles. The Balaban J connectivity index is 1.17. The van der Waals surface area contributed by atoms with Crippen LogP contribution in [-0.2, 0) is 10.8 Å². The number of rotatable bonds is 4. The topological polar surface area (TPSA) is 3.24 Å². The zero-order valence-corrected chi connectivity index (χ0v) is 31.8. The number of allylic oxidation sites excluding steroid dienone is 2. The van der Waals surface area contributed by atoms with Crippen LogP contribution in [0.3, 0.4) is 0 Å². The molecule has 0 amide bonds.